The van der Waals surface area contributed by atoms with Gasteiger partial charge in [-0.05, 0) is 44.9 Å². The monoisotopic (exact) mass is 392 g/mol. The highest BCUT2D eigenvalue weighted by atomic mass is 16.5. The van der Waals surface area contributed by atoms with Crippen molar-refractivity contribution in [2.24, 2.45) is 17.3 Å². The van der Waals surface area contributed by atoms with E-state index in [2.05, 4.69) is 13.5 Å². The second-order valence-electron chi connectivity index (χ2n) is 9.52. The van der Waals surface area contributed by atoms with E-state index in [1.807, 2.05) is 0 Å². The van der Waals surface area contributed by atoms with Gasteiger partial charge in [-0.3, -0.25) is 0 Å². The van der Waals surface area contributed by atoms with E-state index in [1.54, 1.807) is 6.92 Å². The molecule has 2 aliphatic carbocycles. The van der Waals surface area contributed by atoms with E-state index in [0.29, 0.717) is 18.1 Å². The van der Waals surface area contributed by atoms with Gasteiger partial charge < -0.3 is 9.47 Å². The van der Waals surface area contributed by atoms with Gasteiger partial charge in [-0.25, -0.2) is 4.79 Å². The van der Waals surface area contributed by atoms with E-state index in [4.69, 9.17) is 9.47 Å². The molecule has 0 aliphatic heterocycles. The molecule has 0 aromatic carbocycles. The molecule has 2 saturated carbocycles. The number of hydrogen-bond donors (Lipinski definition) is 0. The fourth-order valence-corrected chi connectivity index (χ4v) is 5.26. The lowest BCUT2D eigenvalue weighted by Gasteiger charge is -2.34. The first kappa shape index (κ1) is 23.4. The SMILES string of the molecule is C=C(C)C(=O)OCC1CC2CCC1(COCCCCCCCCCCCC)C2. The summed E-state index contributed by atoms with van der Waals surface area (Å²) in [5.74, 6) is 1.04. The zero-order valence-corrected chi connectivity index (χ0v) is 18.6. The van der Waals surface area contributed by atoms with E-state index in [1.165, 1.54) is 89.9 Å². The summed E-state index contributed by atoms with van der Waals surface area (Å²) < 4.78 is 11.6. The smallest absolute Gasteiger partial charge is 0.333 e. The number of carbonyl (C=O) groups excluding carboxylic acids is 1. The summed E-state index contributed by atoms with van der Waals surface area (Å²) in [5, 5.41) is 0. The van der Waals surface area contributed by atoms with E-state index in [0.717, 1.165) is 19.1 Å². The van der Waals surface area contributed by atoms with E-state index >= 15 is 0 Å². The quantitative estimate of drug-likeness (QED) is 0.164. The van der Waals surface area contributed by atoms with E-state index in [9.17, 15) is 4.79 Å². The molecular formula is C25H44O3. The fourth-order valence-electron chi connectivity index (χ4n) is 5.26. The van der Waals surface area contributed by atoms with Gasteiger partial charge in [0, 0.05) is 23.5 Å². The second kappa shape index (κ2) is 12.7. The van der Waals surface area contributed by atoms with Crippen molar-refractivity contribution < 1.29 is 14.3 Å². The van der Waals surface area contributed by atoms with Crippen LogP contribution in [-0.4, -0.2) is 25.8 Å². The fraction of sp³-hybridized carbons (Fsp3) is 0.880. The minimum atomic E-state index is -0.246. The van der Waals surface area contributed by atoms with Crippen LogP contribution in [0.5, 0.6) is 0 Å². The van der Waals surface area contributed by atoms with Gasteiger partial charge in [-0.15, -0.1) is 0 Å². The van der Waals surface area contributed by atoms with Crippen LogP contribution in [0.15, 0.2) is 12.2 Å². The van der Waals surface area contributed by atoms with Crippen LogP contribution in [0.2, 0.25) is 0 Å². The third-order valence-electron chi connectivity index (χ3n) is 7.03. The number of unbranched alkanes of at least 4 members (excludes halogenated alkanes) is 9. The van der Waals surface area contributed by atoms with Crippen molar-refractivity contribution in [2.75, 3.05) is 19.8 Å². The van der Waals surface area contributed by atoms with Crippen LogP contribution in [0.1, 0.15) is 104 Å². The van der Waals surface area contributed by atoms with Gasteiger partial charge in [0.1, 0.15) is 0 Å². The molecule has 3 heteroatoms. The summed E-state index contributed by atoms with van der Waals surface area (Å²) >= 11 is 0. The highest BCUT2D eigenvalue weighted by Crippen LogP contribution is 2.57. The minimum Gasteiger partial charge on any atom is -0.462 e. The van der Waals surface area contributed by atoms with Crippen molar-refractivity contribution in [3.8, 4) is 0 Å². The molecule has 2 aliphatic rings. The number of fused-ring (bicyclic) bond motifs is 2. The van der Waals surface area contributed by atoms with Crippen LogP contribution in [0.4, 0.5) is 0 Å². The molecule has 3 unspecified atom stereocenters. The molecule has 0 saturated heterocycles. The maximum atomic E-state index is 11.7. The Hall–Kier alpha value is -0.830. The number of rotatable bonds is 16. The maximum Gasteiger partial charge on any atom is 0.333 e. The summed E-state index contributed by atoms with van der Waals surface area (Å²) in [5.41, 5.74) is 0.757. The minimum absolute atomic E-state index is 0.246. The van der Waals surface area contributed by atoms with Gasteiger partial charge in [-0.1, -0.05) is 71.3 Å². The topological polar surface area (TPSA) is 35.5 Å². The summed E-state index contributed by atoms with van der Waals surface area (Å²) in [4.78, 5) is 11.7. The van der Waals surface area contributed by atoms with Gasteiger partial charge in [0.2, 0.25) is 0 Å². The van der Waals surface area contributed by atoms with Crippen molar-refractivity contribution >= 4 is 5.97 Å². The Labute approximate surface area is 173 Å². The largest absolute Gasteiger partial charge is 0.462 e. The lowest BCUT2D eigenvalue weighted by Crippen LogP contribution is -2.34. The molecule has 28 heavy (non-hydrogen) atoms. The molecule has 3 nitrogen and oxygen atoms in total. The van der Waals surface area contributed by atoms with Crippen molar-refractivity contribution in [1.29, 1.82) is 0 Å². The molecule has 2 bridgehead atoms. The van der Waals surface area contributed by atoms with Crippen molar-refractivity contribution in [1.82, 2.24) is 0 Å². The van der Waals surface area contributed by atoms with E-state index in [-0.39, 0.29) is 11.4 Å². The van der Waals surface area contributed by atoms with Crippen LogP contribution in [0.25, 0.3) is 0 Å². The Kier molecular flexibility index (Phi) is 10.6. The van der Waals surface area contributed by atoms with Gasteiger partial charge in [0.15, 0.2) is 0 Å². The third kappa shape index (κ3) is 7.54. The lowest BCUT2D eigenvalue weighted by atomic mass is 9.76. The molecule has 0 aromatic heterocycles. The van der Waals surface area contributed by atoms with Crippen LogP contribution in [0, 0.1) is 17.3 Å². The van der Waals surface area contributed by atoms with E-state index < -0.39 is 0 Å². The molecule has 3 atom stereocenters. The maximum absolute atomic E-state index is 11.7. The summed E-state index contributed by atoms with van der Waals surface area (Å²) in [6.45, 7) is 9.97. The predicted octanol–water partition coefficient (Wildman–Crippen LogP) is 6.85. The number of carbonyl (C=O) groups is 1. The Morgan fingerprint density at radius 1 is 1.04 bits per heavy atom. The van der Waals surface area contributed by atoms with Gasteiger partial charge in [0.25, 0.3) is 0 Å². The van der Waals surface area contributed by atoms with Crippen molar-refractivity contribution in [2.45, 2.75) is 104 Å². The Bertz CT molecular complexity index is 472. The molecular weight excluding hydrogens is 348 g/mol. The van der Waals surface area contributed by atoms with Crippen molar-refractivity contribution in [3.05, 3.63) is 12.2 Å². The van der Waals surface area contributed by atoms with Crippen LogP contribution in [-0.2, 0) is 14.3 Å². The standard InChI is InChI=1S/C25H44O3/c1-4-5-6-7-8-9-10-11-12-13-16-27-20-25-15-14-22(18-25)17-23(25)19-28-24(26)21(2)3/h22-23H,2,4-20H2,1,3H3. The lowest BCUT2D eigenvalue weighted by molar-refractivity contribution is -0.142. The predicted molar refractivity (Wildman–Crippen MR) is 116 cm³/mol. The molecule has 0 N–H and O–H groups in total. The molecule has 2 fully saturated rings. The number of hydrogen-bond acceptors (Lipinski definition) is 3. The number of esters is 1. The van der Waals surface area contributed by atoms with Crippen LogP contribution < -0.4 is 0 Å². The molecule has 0 spiro atoms. The molecule has 0 aromatic rings. The van der Waals surface area contributed by atoms with Crippen LogP contribution in [0.3, 0.4) is 0 Å². The normalized spacial score (nSPS) is 25.9. The zero-order chi connectivity index (χ0) is 20.2. The Balaban J connectivity index is 1.52. The van der Waals surface area contributed by atoms with Gasteiger partial charge >= 0.3 is 5.97 Å². The Morgan fingerprint density at radius 3 is 2.29 bits per heavy atom. The first-order valence-electron chi connectivity index (χ1n) is 12.0. The highest BCUT2D eigenvalue weighted by molar-refractivity contribution is 5.86. The molecule has 0 amide bonds. The number of ether oxygens (including phenoxy) is 2. The molecule has 0 radical (unpaired) electrons. The highest BCUT2D eigenvalue weighted by Gasteiger charge is 2.52. The first-order valence-corrected chi connectivity index (χ1v) is 12.0. The molecule has 0 heterocycles. The van der Waals surface area contributed by atoms with Crippen LogP contribution >= 0.6 is 0 Å². The molecule has 162 valence electrons. The molecule has 2 rings (SSSR count). The zero-order valence-electron chi connectivity index (χ0n) is 18.6. The summed E-state index contributed by atoms with van der Waals surface area (Å²) in [6.07, 6.45) is 18.6. The van der Waals surface area contributed by atoms with Gasteiger partial charge in [-0.2, -0.15) is 0 Å². The summed E-state index contributed by atoms with van der Waals surface area (Å²) in [6, 6.07) is 0. The Morgan fingerprint density at radius 2 is 1.68 bits per heavy atom. The second-order valence-corrected chi connectivity index (χ2v) is 9.52. The third-order valence-corrected chi connectivity index (χ3v) is 7.03. The first-order chi connectivity index (χ1) is 13.6. The van der Waals surface area contributed by atoms with Crippen molar-refractivity contribution in [3.63, 3.8) is 0 Å². The average molecular weight is 393 g/mol. The van der Waals surface area contributed by atoms with Gasteiger partial charge in [0.05, 0.1) is 13.2 Å². The summed E-state index contributed by atoms with van der Waals surface area (Å²) in [7, 11) is 0. The average Bonchev–Trinajstić information content (AvgIpc) is 3.25.